The lowest BCUT2D eigenvalue weighted by Crippen LogP contribution is -2.40. The Balaban J connectivity index is 2.08. The SMILES string of the molecule is CC1(CO)CCc2c(-c3ccc(F)cc3F)ccnc2O1. The van der Waals surface area contributed by atoms with Crippen molar-refractivity contribution in [2.24, 2.45) is 0 Å². The fourth-order valence-electron chi connectivity index (χ4n) is 2.55. The van der Waals surface area contributed by atoms with E-state index in [0.717, 1.165) is 11.6 Å². The van der Waals surface area contributed by atoms with Crippen molar-refractivity contribution in [3.8, 4) is 17.0 Å². The van der Waals surface area contributed by atoms with Gasteiger partial charge >= 0.3 is 0 Å². The van der Waals surface area contributed by atoms with Gasteiger partial charge in [0.25, 0.3) is 0 Å². The molecule has 0 radical (unpaired) electrons. The van der Waals surface area contributed by atoms with Gasteiger partial charge in [-0.1, -0.05) is 0 Å². The van der Waals surface area contributed by atoms with E-state index in [1.807, 2.05) is 6.92 Å². The molecule has 5 heteroatoms. The summed E-state index contributed by atoms with van der Waals surface area (Å²) in [6.07, 6.45) is 2.75. The van der Waals surface area contributed by atoms with E-state index in [0.29, 0.717) is 29.8 Å². The van der Waals surface area contributed by atoms with Crippen LogP contribution >= 0.6 is 0 Å². The Morgan fingerprint density at radius 1 is 1.29 bits per heavy atom. The summed E-state index contributed by atoms with van der Waals surface area (Å²) in [6, 6.07) is 5.21. The molecule has 0 saturated carbocycles. The summed E-state index contributed by atoms with van der Waals surface area (Å²) in [6.45, 7) is 1.70. The topological polar surface area (TPSA) is 42.4 Å². The number of fused-ring (bicyclic) bond motifs is 1. The summed E-state index contributed by atoms with van der Waals surface area (Å²) < 4.78 is 32.8. The summed E-state index contributed by atoms with van der Waals surface area (Å²) >= 11 is 0. The summed E-state index contributed by atoms with van der Waals surface area (Å²) in [7, 11) is 0. The fraction of sp³-hybridized carbons (Fsp3) is 0.312. The first kappa shape index (κ1) is 13.9. The summed E-state index contributed by atoms with van der Waals surface area (Å²) in [5.74, 6) is -0.818. The molecule has 0 saturated heterocycles. The number of aliphatic hydroxyl groups excluding tert-OH is 1. The van der Waals surface area contributed by atoms with Crippen LogP contribution < -0.4 is 4.74 Å². The van der Waals surface area contributed by atoms with E-state index in [-0.39, 0.29) is 6.61 Å². The molecule has 0 fully saturated rings. The summed E-state index contributed by atoms with van der Waals surface area (Å²) in [5.41, 5.74) is 1.10. The minimum Gasteiger partial charge on any atom is -0.469 e. The van der Waals surface area contributed by atoms with Crippen molar-refractivity contribution in [2.75, 3.05) is 6.61 Å². The van der Waals surface area contributed by atoms with Gasteiger partial charge in [0.15, 0.2) is 0 Å². The normalized spacial score (nSPS) is 20.8. The molecule has 3 nitrogen and oxygen atoms in total. The van der Waals surface area contributed by atoms with Gasteiger partial charge in [0.1, 0.15) is 17.2 Å². The molecule has 2 aromatic rings. The van der Waals surface area contributed by atoms with E-state index < -0.39 is 17.2 Å². The van der Waals surface area contributed by atoms with Crippen molar-refractivity contribution in [2.45, 2.75) is 25.4 Å². The lowest BCUT2D eigenvalue weighted by molar-refractivity contribution is 0.00419. The Morgan fingerprint density at radius 3 is 2.81 bits per heavy atom. The third kappa shape index (κ3) is 2.49. The minimum atomic E-state index is -0.667. The Hall–Kier alpha value is -2.01. The molecule has 0 aliphatic carbocycles. The first-order chi connectivity index (χ1) is 10.0. The highest BCUT2D eigenvalue weighted by molar-refractivity contribution is 5.69. The van der Waals surface area contributed by atoms with E-state index in [1.165, 1.54) is 18.3 Å². The lowest BCUT2D eigenvalue weighted by atomic mass is 9.90. The van der Waals surface area contributed by atoms with Crippen molar-refractivity contribution in [1.82, 2.24) is 4.98 Å². The molecule has 3 rings (SSSR count). The summed E-state index contributed by atoms with van der Waals surface area (Å²) in [4.78, 5) is 4.17. The third-order valence-electron chi connectivity index (χ3n) is 3.82. The van der Waals surface area contributed by atoms with Gasteiger partial charge in [0.2, 0.25) is 5.88 Å². The molecule has 1 unspecified atom stereocenters. The largest absolute Gasteiger partial charge is 0.469 e. The molecule has 1 aliphatic rings. The number of benzene rings is 1. The second-order valence-corrected chi connectivity index (χ2v) is 5.48. The number of hydrogen-bond acceptors (Lipinski definition) is 3. The molecule has 1 atom stereocenters. The van der Waals surface area contributed by atoms with Crippen LogP contribution in [0.5, 0.6) is 5.88 Å². The molecule has 1 aliphatic heterocycles. The van der Waals surface area contributed by atoms with Crippen molar-refractivity contribution in [3.05, 3.63) is 47.7 Å². The van der Waals surface area contributed by atoms with Crippen LogP contribution in [-0.4, -0.2) is 22.3 Å². The summed E-state index contributed by atoms with van der Waals surface area (Å²) in [5, 5.41) is 9.38. The van der Waals surface area contributed by atoms with Gasteiger partial charge in [-0.3, -0.25) is 0 Å². The van der Waals surface area contributed by atoms with Gasteiger partial charge in [0.05, 0.1) is 6.61 Å². The quantitative estimate of drug-likeness (QED) is 0.924. The average Bonchev–Trinajstić information content (AvgIpc) is 2.46. The van der Waals surface area contributed by atoms with E-state index >= 15 is 0 Å². The minimum absolute atomic E-state index is 0.108. The van der Waals surface area contributed by atoms with Crippen LogP contribution in [0.15, 0.2) is 30.5 Å². The third-order valence-corrected chi connectivity index (χ3v) is 3.82. The van der Waals surface area contributed by atoms with Gasteiger partial charge in [-0.05, 0) is 43.5 Å². The van der Waals surface area contributed by atoms with Crippen molar-refractivity contribution < 1.29 is 18.6 Å². The van der Waals surface area contributed by atoms with Crippen LogP contribution in [0.3, 0.4) is 0 Å². The van der Waals surface area contributed by atoms with Crippen LogP contribution in [0.4, 0.5) is 8.78 Å². The first-order valence-electron chi connectivity index (χ1n) is 6.75. The average molecular weight is 291 g/mol. The Labute approximate surface area is 121 Å². The maximum Gasteiger partial charge on any atom is 0.217 e. The number of aromatic nitrogens is 1. The smallest absolute Gasteiger partial charge is 0.217 e. The second kappa shape index (κ2) is 5.07. The van der Waals surface area contributed by atoms with Gasteiger partial charge in [-0.25, -0.2) is 13.8 Å². The van der Waals surface area contributed by atoms with Crippen molar-refractivity contribution in [1.29, 1.82) is 0 Å². The molecule has 1 aromatic heterocycles. The number of halogens is 2. The predicted octanol–water partition coefficient (Wildman–Crippen LogP) is 3.10. The number of hydrogen-bond donors (Lipinski definition) is 1. The molecule has 1 aromatic carbocycles. The molecular weight excluding hydrogens is 276 g/mol. The van der Waals surface area contributed by atoms with Gasteiger partial charge < -0.3 is 9.84 Å². The van der Waals surface area contributed by atoms with Gasteiger partial charge in [-0.2, -0.15) is 0 Å². The number of rotatable bonds is 2. The fourth-order valence-corrected chi connectivity index (χ4v) is 2.55. The van der Waals surface area contributed by atoms with Crippen LogP contribution in [-0.2, 0) is 6.42 Å². The van der Waals surface area contributed by atoms with E-state index in [1.54, 1.807) is 6.07 Å². The molecule has 1 N–H and O–H groups in total. The standard InChI is InChI=1S/C16H15F2NO2/c1-16(9-20)6-4-13-11(5-7-19-15(13)21-16)12-3-2-10(17)8-14(12)18/h2-3,5,7-8,20H,4,6,9H2,1H3. The maximum atomic E-state index is 14.0. The second-order valence-electron chi connectivity index (χ2n) is 5.48. The van der Waals surface area contributed by atoms with E-state index in [9.17, 15) is 13.9 Å². The van der Waals surface area contributed by atoms with Crippen LogP contribution in [0.2, 0.25) is 0 Å². The Bertz CT molecular complexity index is 690. The number of nitrogens with zero attached hydrogens (tertiary/aromatic N) is 1. The maximum absolute atomic E-state index is 14.0. The highest BCUT2D eigenvalue weighted by Gasteiger charge is 2.33. The molecular formula is C16H15F2NO2. The zero-order valence-electron chi connectivity index (χ0n) is 11.6. The molecule has 0 bridgehead atoms. The molecule has 2 heterocycles. The molecule has 0 amide bonds. The molecule has 0 spiro atoms. The predicted molar refractivity (Wildman–Crippen MR) is 74.0 cm³/mol. The highest BCUT2D eigenvalue weighted by Crippen LogP contribution is 2.38. The number of aliphatic hydroxyl groups is 1. The first-order valence-corrected chi connectivity index (χ1v) is 6.75. The van der Waals surface area contributed by atoms with Crippen LogP contribution in [0.25, 0.3) is 11.1 Å². The van der Waals surface area contributed by atoms with Crippen molar-refractivity contribution in [3.63, 3.8) is 0 Å². The Kier molecular flexibility index (Phi) is 3.37. The number of ether oxygens (including phenoxy) is 1. The van der Waals surface area contributed by atoms with Gasteiger partial charge in [-0.15, -0.1) is 0 Å². The molecule has 110 valence electrons. The highest BCUT2D eigenvalue weighted by atomic mass is 19.1. The lowest BCUT2D eigenvalue weighted by Gasteiger charge is -2.34. The Morgan fingerprint density at radius 2 is 2.10 bits per heavy atom. The van der Waals surface area contributed by atoms with E-state index in [4.69, 9.17) is 4.74 Å². The number of pyridine rings is 1. The van der Waals surface area contributed by atoms with Crippen molar-refractivity contribution >= 4 is 0 Å². The monoisotopic (exact) mass is 291 g/mol. The van der Waals surface area contributed by atoms with Gasteiger partial charge in [0, 0.05) is 23.4 Å². The van der Waals surface area contributed by atoms with Crippen LogP contribution in [0.1, 0.15) is 18.9 Å². The zero-order chi connectivity index (χ0) is 15.0. The van der Waals surface area contributed by atoms with E-state index in [2.05, 4.69) is 4.98 Å². The van der Waals surface area contributed by atoms with Crippen LogP contribution in [0, 0.1) is 11.6 Å². The zero-order valence-corrected chi connectivity index (χ0v) is 11.6. The molecule has 21 heavy (non-hydrogen) atoms.